The maximum atomic E-state index is 6.40. The summed E-state index contributed by atoms with van der Waals surface area (Å²) in [6, 6.07) is 0. The maximum absolute atomic E-state index is 6.40. The van der Waals surface area contributed by atoms with E-state index < -0.39 is 0 Å². The minimum absolute atomic E-state index is 0.318. The van der Waals surface area contributed by atoms with Gasteiger partial charge in [0.05, 0.1) is 0 Å². The largest absolute Gasteiger partial charge is 0.402 e. The Hall–Kier alpha value is -0.980. The average Bonchev–Trinajstić information content (AvgIpc) is 2.56. The van der Waals surface area contributed by atoms with Crippen molar-refractivity contribution in [3.63, 3.8) is 0 Å². The zero-order valence-corrected chi connectivity index (χ0v) is 17.2. The van der Waals surface area contributed by atoms with Crippen LogP contribution in [0.5, 0.6) is 0 Å². The third-order valence-electron chi connectivity index (χ3n) is 8.93. The first-order valence-corrected chi connectivity index (χ1v) is 10.4. The molecule has 1 heteroatoms. The lowest BCUT2D eigenvalue weighted by Gasteiger charge is -2.63. The molecular weight excluding hydrogens is 302 g/mol. The molecule has 7 atom stereocenters. The second kappa shape index (κ2) is 6.32. The molecule has 1 nitrogen and oxygen atoms in total. The van der Waals surface area contributed by atoms with Gasteiger partial charge >= 0.3 is 0 Å². The molecule has 0 spiro atoms. The molecule has 140 valence electrons. The minimum Gasteiger partial charge on any atom is -0.402 e. The number of hydrogen-bond acceptors (Lipinski definition) is 1. The average molecular weight is 342 g/mol. The third kappa shape index (κ3) is 2.64. The van der Waals surface area contributed by atoms with E-state index in [4.69, 9.17) is 5.73 Å². The second-order valence-electron chi connectivity index (χ2n) is 9.99. The van der Waals surface area contributed by atoms with Crippen LogP contribution in [0.1, 0.15) is 73.1 Å². The summed E-state index contributed by atoms with van der Waals surface area (Å²) in [5.74, 6) is 3.96. The lowest BCUT2D eigenvalue weighted by atomic mass is 9.42. The van der Waals surface area contributed by atoms with E-state index in [9.17, 15) is 0 Å². The van der Waals surface area contributed by atoms with Crippen LogP contribution >= 0.6 is 0 Å². The number of rotatable bonds is 3. The highest BCUT2D eigenvalue weighted by Gasteiger charge is 2.58. The van der Waals surface area contributed by atoms with Gasteiger partial charge in [0.25, 0.3) is 0 Å². The van der Waals surface area contributed by atoms with Gasteiger partial charge in [0, 0.05) is 5.70 Å². The Morgan fingerprint density at radius 2 is 2.04 bits per heavy atom. The fraction of sp³-hybridized carbons (Fsp3) is 0.750. The summed E-state index contributed by atoms with van der Waals surface area (Å²) in [5.41, 5.74) is 11.0. The molecule has 25 heavy (non-hydrogen) atoms. The predicted octanol–water partition coefficient (Wildman–Crippen LogP) is 6.48. The number of nitrogens with two attached hydrogens (primary N) is 1. The van der Waals surface area contributed by atoms with Gasteiger partial charge in [-0.05, 0) is 85.0 Å². The van der Waals surface area contributed by atoms with Crippen molar-refractivity contribution in [2.24, 2.45) is 46.2 Å². The van der Waals surface area contributed by atoms with Gasteiger partial charge in [-0.15, -0.1) is 0 Å². The van der Waals surface area contributed by atoms with E-state index in [1.54, 1.807) is 0 Å². The molecule has 0 aromatic carbocycles. The normalized spacial score (nSPS) is 47.0. The van der Waals surface area contributed by atoms with Crippen LogP contribution in [0.25, 0.3) is 0 Å². The molecular formula is C24H39N. The van der Waals surface area contributed by atoms with Crippen molar-refractivity contribution in [1.82, 2.24) is 0 Å². The van der Waals surface area contributed by atoms with Crippen LogP contribution in [-0.2, 0) is 0 Å². The highest BCUT2D eigenvalue weighted by molar-refractivity contribution is 5.29. The molecule has 0 aliphatic heterocycles. The number of allylic oxidation sites excluding steroid dienone is 4. The van der Waals surface area contributed by atoms with Gasteiger partial charge in [-0.3, -0.25) is 0 Å². The molecule has 0 bridgehead atoms. The molecule has 7 unspecified atom stereocenters. The fourth-order valence-corrected chi connectivity index (χ4v) is 7.25. The molecule has 0 amide bonds. The molecule has 3 rings (SSSR count). The molecule has 0 aromatic rings. The van der Waals surface area contributed by atoms with Crippen LogP contribution in [0.4, 0.5) is 0 Å². The summed E-state index contributed by atoms with van der Waals surface area (Å²) in [4.78, 5) is 0. The third-order valence-corrected chi connectivity index (χ3v) is 8.93. The van der Waals surface area contributed by atoms with Gasteiger partial charge in [0.2, 0.25) is 0 Å². The monoisotopic (exact) mass is 341 g/mol. The Morgan fingerprint density at radius 1 is 1.36 bits per heavy atom. The van der Waals surface area contributed by atoms with Crippen molar-refractivity contribution < 1.29 is 0 Å². The zero-order valence-electron chi connectivity index (χ0n) is 17.2. The Kier molecular flexibility index (Phi) is 4.75. The first-order chi connectivity index (χ1) is 11.7. The fourth-order valence-electron chi connectivity index (χ4n) is 7.25. The Bertz CT molecular complexity index is 599. The second-order valence-corrected chi connectivity index (χ2v) is 9.99. The smallest absolute Gasteiger partial charge is 0.0116 e. The van der Waals surface area contributed by atoms with Crippen LogP contribution in [0, 0.1) is 40.4 Å². The van der Waals surface area contributed by atoms with Crippen LogP contribution in [-0.4, -0.2) is 0 Å². The molecule has 0 radical (unpaired) electrons. The summed E-state index contributed by atoms with van der Waals surface area (Å²) >= 11 is 0. The van der Waals surface area contributed by atoms with Crippen molar-refractivity contribution in [1.29, 1.82) is 0 Å². The molecule has 2 saturated carbocycles. The lowest BCUT2D eigenvalue weighted by molar-refractivity contribution is -0.117. The van der Waals surface area contributed by atoms with Crippen LogP contribution in [0.2, 0.25) is 0 Å². The molecule has 2 fully saturated rings. The van der Waals surface area contributed by atoms with Gasteiger partial charge in [-0.1, -0.05) is 58.9 Å². The molecule has 0 saturated heterocycles. The van der Waals surface area contributed by atoms with E-state index in [-0.39, 0.29) is 0 Å². The summed E-state index contributed by atoms with van der Waals surface area (Å²) in [6.07, 6.45) is 9.53. The van der Waals surface area contributed by atoms with Gasteiger partial charge < -0.3 is 5.73 Å². The van der Waals surface area contributed by atoms with Crippen molar-refractivity contribution >= 4 is 0 Å². The van der Waals surface area contributed by atoms with E-state index in [0.29, 0.717) is 10.8 Å². The molecule has 2 N–H and O–H groups in total. The van der Waals surface area contributed by atoms with Crippen molar-refractivity contribution in [2.45, 2.75) is 73.1 Å². The maximum Gasteiger partial charge on any atom is 0.0116 e. The standard InChI is InChI=1S/C24H39N/c1-8-17-14-24(7)18(13-21(17)25)12-16(5)22-19(9-2)23(6,15(3)4)11-10-20(22)24/h8,16,18-20,22H,1,3,9-14,25H2,2,4-7H3. The Labute approximate surface area is 155 Å². The predicted molar refractivity (Wildman–Crippen MR) is 109 cm³/mol. The van der Waals surface area contributed by atoms with Gasteiger partial charge in [0.1, 0.15) is 0 Å². The highest BCUT2D eigenvalue weighted by Crippen LogP contribution is 2.66. The lowest BCUT2D eigenvalue weighted by Crippen LogP contribution is -2.56. The first-order valence-electron chi connectivity index (χ1n) is 10.4. The van der Waals surface area contributed by atoms with Crippen molar-refractivity contribution in [3.05, 3.63) is 36.1 Å². The van der Waals surface area contributed by atoms with E-state index in [0.717, 1.165) is 48.1 Å². The molecule has 3 aliphatic carbocycles. The van der Waals surface area contributed by atoms with Gasteiger partial charge in [-0.2, -0.15) is 0 Å². The Morgan fingerprint density at radius 3 is 2.60 bits per heavy atom. The number of hydrogen-bond donors (Lipinski definition) is 1. The number of fused-ring (bicyclic) bond motifs is 3. The molecule has 0 heterocycles. The van der Waals surface area contributed by atoms with E-state index in [2.05, 4.69) is 47.8 Å². The van der Waals surface area contributed by atoms with Crippen molar-refractivity contribution in [3.8, 4) is 0 Å². The summed E-state index contributed by atoms with van der Waals surface area (Å²) < 4.78 is 0. The molecule has 0 aromatic heterocycles. The van der Waals surface area contributed by atoms with Crippen LogP contribution in [0.3, 0.4) is 0 Å². The molecule has 3 aliphatic rings. The first kappa shape index (κ1) is 18.8. The van der Waals surface area contributed by atoms with Crippen LogP contribution < -0.4 is 5.73 Å². The zero-order chi connectivity index (χ0) is 18.6. The van der Waals surface area contributed by atoms with E-state index in [1.807, 2.05) is 6.08 Å². The van der Waals surface area contributed by atoms with E-state index in [1.165, 1.54) is 36.8 Å². The SMILES string of the molecule is C=CC1=C(N)CC2CC(C)C3C(CC)C(C)(C(=C)C)CCC3C2(C)C1. The topological polar surface area (TPSA) is 26.0 Å². The Balaban J connectivity index is 2.02. The quantitative estimate of drug-likeness (QED) is 0.584. The van der Waals surface area contributed by atoms with Gasteiger partial charge in [0.15, 0.2) is 0 Å². The summed E-state index contributed by atoms with van der Waals surface area (Å²) in [7, 11) is 0. The summed E-state index contributed by atoms with van der Waals surface area (Å²) in [6.45, 7) is 20.7. The minimum atomic E-state index is 0.318. The van der Waals surface area contributed by atoms with Gasteiger partial charge in [-0.25, -0.2) is 0 Å². The highest BCUT2D eigenvalue weighted by atomic mass is 14.7. The van der Waals surface area contributed by atoms with Crippen molar-refractivity contribution in [2.75, 3.05) is 0 Å². The van der Waals surface area contributed by atoms with E-state index >= 15 is 0 Å². The van der Waals surface area contributed by atoms with Crippen LogP contribution in [0.15, 0.2) is 36.1 Å². The summed E-state index contributed by atoms with van der Waals surface area (Å²) in [5, 5.41) is 0.